The fourth-order valence-electron chi connectivity index (χ4n) is 2.20. The van der Waals surface area contributed by atoms with Crippen molar-refractivity contribution in [2.45, 2.75) is 19.5 Å². The van der Waals surface area contributed by atoms with Gasteiger partial charge in [0.1, 0.15) is 0 Å². The highest BCUT2D eigenvalue weighted by molar-refractivity contribution is 5.13. The smallest absolute Gasteiger partial charge is 0.0647 e. The van der Waals surface area contributed by atoms with Gasteiger partial charge in [0.25, 0.3) is 0 Å². The van der Waals surface area contributed by atoms with E-state index in [4.69, 9.17) is 5.73 Å². The molecule has 4 heteroatoms. The average Bonchev–Trinajstić information content (AvgIpc) is 2.49. The molecule has 2 rings (SSSR count). The molecule has 19 heavy (non-hydrogen) atoms. The summed E-state index contributed by atoms with van der Waals surface area (Å²) in [4.78, 5) is 10.8. The molecule has 0 aliphatic rings. The van der Waals surface area contributed by atoms with Gasteiger partial charge in [-0.05, 0) is 36.4 Å². The van der Waals surface area contributed by atoms with Crippen LogP contribution >= 0.6 is 0 Å². The van der Waals surface area contributed by atoms with Crippen LogP contribution in [-0.4, -0.2) is 28.0 Å². The van der Waals surface area contributed by atoms with Gasteiger partial charge in [-0.1, -0.05) is 13.0 Å². The first kappa shape index (κ1) is 13.6. The van der Waals surface area contributed by atoms with Gasteiger partial charge < -0.3 is 5.73 Å². The zero-order valence-corrected chi connectivity index (χ0v) is 11.2. The third kappa shape index (κ3) is 3.59. The van der Waals surface area contributed by atoms with Crippen molar-refractivity contribution >= 4 is 0 Å². The Morgan fingerprint density at radius 2 is 1.95 bits per heavy atom. The zero-order valence-electron chi connectivity index (χ0n) is 11.2. The molecule has 0 amide bonds. The molecular formula is C15H20N4. The topological polar surface area (TPSA) is 55.0 Å². The highest BCUT2D eigenvalue weighted by Gasteiger charge is 2.18. The molecule has 1 atom stereocenters. The summed E-state index contributed by atoms with van der Waals surface area (Å²) in [7, 11) is 0. The van der Waals surface area contributed by atoms with E-state index in [1.54, 1.807) is 0 Å². The average molecular weight is 256 g/mol. The summed E-state index contributed by atoms with van der Waals surface area (Å²) in [6.45, 7) is 4.50. The van der Waals surface area contributed by atoms with Crippen LogP contribution in [0, 0.1) is 0 Å². The second-order valence-corrected chi connectivity index (χ2v) is 4.42. The minimum absolute atomic E-state index is 0.152. The van der Waals surface area contributed by atoms with Crippen molar-refractivity contribution in [1.29, 1.82) is 0 Å². The molecular weight excluding hydrogens is 236 g/mol. The molecule has 0 bridgehead atoms. The molecule has 4 nitrogen and oxygen atoms in total. The molecule has 0 aliphatic carbocycles. The van der Waals surface area contributed by atoms with Crippen molar-refractivity contribution in [2.75, 3.05) is 13.1 Å². The lowest BCUT2D eigenvalue weighted by atomic mass is 10.1. The first-order valence-corrected chi connectivity index (χ1v) is 6.59. The number of pyridine rings is 2. The molecule has 2 N–H and O–H groups in total. The number of aromatic nitrogens is 2. The molecule has 2 aromatic heterocycles. The van der Waals surface area contributed by atoms with E-state index in [0.717, 1.165) is 18.8 Å². The van der Waals surface area contributed by atoms with Gasteiger partial charge in [0.2, 0.25) is 0 Å². The summed E-state index contributed by atoms with van der Waals surface area (Å²) in [5.74, 6) is 0. The van der Waals surface area contributed by atoms with E-state index in [2.05, 4.69) is 21.8 Å². The quantitative estimate of drug-likeness (QED) is 0.859. The first-order chi connectivity index (χ1) is 9.35. The molecule has 0 radical (unpaired) electrons. The van der Waals surface area contributed by atoms with Crippen LogP contribution in [0.15, 0.2) is 48.9 Å². The van der Waals surface area contributed by atoms with Crippen molar-refractivity contribution in [1.82, 2.24) is 14.9 Å². The lowest BCUT2D eigenvalue weighted by Gasteiger charge is -2.29. The van der Waals surface area contributed by atoms with Gasteiger partial charge in [-0.15, -0.1) is 0 Å². The van der Waals surface area contributed by atoms with Gasteiger partial charge in [0, 0.05) is 31.7 Å². The van der Waals surface area contributed by atoms with Gasteiger partial charge in [-0.3, -0.25) is 14.9 Å². The van der Waals surface area contributed by atoms with Gasteiger partial charge in [-0.2, -0.15) is 0 Å². The zero-order chi connectivity index (χ0) is 13.5. The molecule has 0 saturated carbocycles. The predicted octanol–water partition coefficient (Wildman–Crippen LogP) is 2.00. The maximum Gasteiger partial charge on any atom is 0.0647 e. The Morgan fingerprint density at radius 1 is 1.16 bits per heavy atom. The first-order valence-electron chi connectivity index (χ1n) is 6.59. The van der Waals surface area contributed by atoms with E-state index in [9.17, 15) is 0 Å². The van der Waals surface area contributed by atoms with Crippen LogP contribution in [0.1, 0.15) is 24.2 Å². The normalized spacial score (nSPS) is 12.6. The monoisotopic (exact) mass is 256 g/mol. The molecule has 1 unspecified atom stereocenters. The lowest BCUT2D eigenvalue weighted by Crippen LogP contribution is -2.33. The summed E-state index contributed by atoms with van der Waals surface area (Å²) in [5.41, 5.74) is 8.21. The molecule has 0 saturated heterocycles. The Balaban J connectivity index is 2.15. The second-order valence-electron chi connectivity index (χ2n) is 4.42. The third-order valence-electron chi connectivity index (χ3n) is 3.23. The van der Waals surface area contributed by atoms with Crippen molar-refractivity contribution < 1.29 is 0 Å². The van der Waals surface area contributed by atoms with E-state index in [1.807, 2.05) is 48.9 Å². The number of hydrogen-bond donors (Lipinski definition) is 1. The van der Waals surface area contributed by atoms with Crippen LogP contribution in [0.4, 0.5) is 0 Å². The SMILES string of the molecule is CCN(Cc1ccncc1)C(CN)c1ccccn1. The van der Waals surface area contributed by atoms with Crippen LogP contribution in [0.5, 0.6) is 0 Å². The molecule has 2 aromatic rings. The van der Waals surface area contributed by atoms with Crippen LogP contribution in [0.2, 0.25) is 0 Å². The highest BCUT2D eigenvalue weighted by Crippen LogP contribution is 2.19. The van der Waals surface area contributed by atoms with E-state index in [0.29, 0.717) is 6.54 Å². The maximum absolute atomic E-state index is 5.94. The molecule has 0 spiro atoms. The second kappa shape index (κ2) is 6.97. The summed E-state index contributed by atoms with van der Waals surface area (Å²) in [6, 6.07) is 10.2. The van der Waals surface area contributed by atoms with Crippen LogP contribution in [0.3, 0.4) is 0 Å². The Kier molecular flexibility index (Phi) is 5.01. The Bertz CT molecular complexity index is 472. The Hall–Kier alpha value is -1.78. The van der Waals surface area contributed by atoms with Crippen LogP contribution in [-0.2, 0) is 6.54 Å². The van der Waals surface area contributed by atoms with Crippen molar-refractivity contribution in [2.24, 2.45) is 5.73 Å². The summed E-state index contributed by atoms with van der Waals surface area (Å²) >= 11 is 0. The highest BCUT2D eigenvalue weighted by atomic mass is 15.2. The fraction of sp³-hybridized carbons (Fsp3) is 0.333. The molecule has 2 heterocycles. The van der Waals surface area contributed by atoms with E-state index < -0.39 is 0 Å². The van der Waals surface area contributed by atoms with Crippen molar-refractivity contribution in [3.05, 3.63) is 60.2 Å². The predicted molar refractivity (Wildman–Crippen MR) is 76.4 cm³/mol. The van der Waals surface area contributed by atoms with Crippen molar-refractivity contribution in [3.63, 3.8) is 0 Å². The number of likely N-dealkylation sites (N-methyl/N-ethyl adjacent to an activating group) is 1. The van der Waals surface area contributed by atoms with Gasteiger partial charge >= 0.3 is 0 Å². The van der Waals surface area contributed by atoms with Gasteiger partial charge in [0.05, 0.1) is 11.7 Å². The molecule has 0 aliphatic heterocycles. The minimum Gasteiger partial charge on any atom is -0.329 e. The summed E-state index contributed by atoms with van der Waals surface area (Å²) in [5, 5.41) is 0. The van der Waals surface area contributed by atoms with Crippen molar-refractivity contribution in [3.8, 4) is 0 Å². The summed E-state index contributed by atoms with van der Waals surface area (Å²) < 4.78 is 0. The van der Waals surface area contributed by atoms with Gasteiger partial charge in [0.15, 0.2) is 0 Å². The molecule has 0 fully saturated rings. The molecule has 0 aromatic carbocycles. The van der Waals surface area contributed by atoms with E-state index in [-0.39, 0.29) is 6.04 Å². The minimum atomic E-state index is 0.152. The van der Waals surface area contributed by atoms with E-state index in [1.165, 1.54) is 5.56 Å². The lowest BCUT2D eigenvalue weighted by molar-refractivity contribution is 0.199. The largest absolute Gasteiger partial charge is 0.329 e. The maximum atomic E-state index is 5.94. The standard InChI is InChI=1S/C15H20N4/c1-2-19(12-13-6-9-17-10-7-13)15(11-16)14-5-3-4-8-18-14/h3-10,15H,2,11-12,16H2,1H3. The fourth-order valence-corrected chi connectivity index (χ4v) is 2.20. The van der Waals surface area contributed by atoms with Gasteiger partial charge in [-0.25, -0.2) is 0 Å². The number of nitrogens with two attached hydrogens (primary N) is 1. The molecule has 100 valence electrons. The Labute approximate surface area is 114 Å². The number of rotatable bonds is 6. The number of hydrogen-bond acceptors (Lipinski definition) is 4. The van der Waals surface area contributed by atoms with E-state index >= 15 is 0 Å². The van der Waals surface area contributed by atoms with Crippen LogP contribution in [0.25, 0.3) is 0 Å². The van der Waals surface area contributed by atoms with Crippen LogP contribution < -0.4 is 5.73 Å². The number of nitrogens with zero attached hydrogens (tertiary/aromatic N) is 3. The third-order valence-corrected chi connectivity index (χ3v) is 3.23. The Morgan fingerprint density at radius 3 is 2.53 bits per heavy atom. The summed E-state index contributed by atoms with van der Waals surface area (Å²) in [6.07, 6.45) is 5.46.